The Balaban J connectivity index is 2.53. The van der Waals surface area contributed by atoms with Crippen molar-refractivity contribution < 1.29 is 13.9 Å². The van der Waals surface area contributed by atoms with Crippen LogP contribution in [0.1, 0.15) is 32.8 Å². The Kier molecular flexibility index (Phi) is 9.01. The van der Waals surface area contributed by atoms with Crippen molar-refractivity contribution in [3.05, 3.63) is 29.8 Å². The quantitative estimate of drug-likeness (QED) is 0.436. The lowest BCUT2D eigenvalue weighted by atomic mass is 10.2. The normalized spacial score (nSPS) is 12.7. The Hall–Kier alpha value is -1.28. The lowest BCUT2D eigenvalue weighted by molar-refractivity contribution is 0.0380. The molecule has 0 aromatic heterocycles. The summed E-state index contributed by atoms with van der Waals surface area (Å²) in [6.45, 7) is 7.79. The molecule has 0 aliphatic rings. The maximum Gasteiger partial charge on any atom is 0.192 e. The minimum Gasteiger partial charge on any atom is -0.497 e. The number of benzene rings is 1. The fraction of sp³-hybridized carbons (Fsp3) is 0.579. The third-order valence-corrected chi connectivity index (χ3v) is 9.13. The van der Waals surface area contributed by atoms with Gasteiger partial charge in [-0.05, 0) is 35.8 Å². The molecule has 0 amide bonds. The summed E-state index contributed by atoms with van der Waals surface area (Å²) in [5.74, 6) is 3.58. The van der Waals surface area contributed by atoms with E-state index in [1.165, 1.54) is 0 Å². The first-order valence-electron chi connectivity index (χ1n) is 8.45. The van der Waals surface area contributed by atoms with Gasteiger partial charge in [-0.1, -0.05) is 32.9 Å². The zero-order valence-corrected chi connectivity index (χ0v) is 15.9. The summed E-state index contributed by atoms with van der Waals surface area (Å²) < 4.78 is 17.5. The number of methoxy groups -OCH3 is 1. The van der Waals surface area contributed by atoms with Crippen LogP contribution in [0.5, 0.6) is 5.75 Å². The summed E-state index contributed by atoms with van der Waals surface area (Å²) >= 11 is 0. The summed E-state index contributed by atoms with van der Waals surface area (Å²) in [7, 11) is 0.0138. The van der Waals surface area contributed by atoms with Crippen molar-refractivity contribution >= 4 is 8.32 Å². The molecule has 1 atom stereocenters. The minimum absolute atomic E-state index is 0.00441. The lowest BCUT2D eigenvalue weighted by Gasteiger charge is -2.32. The molecule has 0 heterocycles. The van der Waals surface area contributed by atoms with Gasteiger partial charge in [-0.15, -0.1) is 12.3 Å². The van der Waals surface area contributed by atoms with Gasteiger partial charge in [0, 0.05) is 6.42 Å². The Bertz CT molecular complexity index is 466. The molecule has 3 nitrogen and oxygen atoms in total. The molecular weight excluding hydrogens is 304 g/mol. The zero-order valence-electron chi connectivity index (χ0n) is 14.9. The highest BCUT2D eigenvalue weighted by Crippen LogP contribution is 2.24. The number of hydrogen-bond acceptors (Lipinski definition) is 3. The molecule has 23 heavy (non-hydrogen) atoms. The average molecular weight is 335 g/mol. The average Bonchev–Trinajstić information content (AvgIpc) is 2.60. The molecule has 1 rings (SSSR count). The first kappa shape index (κ1) is 19.8. The summed E-state index contributed by atoms with van der Waals surface area (Å²) in [6, 6.07) is 11.3. The molecule has 0 bridgehead atoms. The fourth-order valence-corrected chi connectivity index (χ4v) is 5.51. The summed E-state index contributed by atoms with van der Waals surface area (Å²) in [6.07, 6.45) is 6.12. The Morgan fingerprint density at radius 2 is 1.70 bits per heavy atom. The van der Waals surface area contributed by atoms with Gasteiger partial charge in [0.1, 0.15) is 5.75 Å². The van der Waals surface area contributed by atoms with Crippen LogP contribution < -0.4 is 4.74 Å². The van der Waals surface area contributed by atoms with Crippen molar-refractivity contribution in [1.29, 1.82) is 0 Å². The molecule has 0 saturated carbocycles. The summed E-state index contributed by atoms with van der Waals surface area (Å²) in [5, 5.41) is 0. The van der Waals surface area contributed by atoms with E-state index in [1.54, 1.807) is 7.11 Å². The third kappa shape index (κ3) is 6.38. The van der Waals surface area contributed by atoms with E-state index in [1.807, 2.05) is 24.3 Å². The molecule has 0 spiro atoms. The Morgan fingerprint density at radius 1 is 1.09 bits per heavy atom. The lowest BCUT2D eigenvalue weighted by Crippen LogP contribution is -2.41. The first-order valence-corrected chi connectivity index (χ1v) is 11.0. The van der Waals surface area contributed by atoms with Gasteiger partial charge in [0.2, 0.25) is 0 Å². The molecule has 1 aromatic rings. The van der Waals surface area contributed by atoms with Crippen molar-refractivity contribution in [2.75, 3.05) is 13.7 Å². The Morgan fingerprint density at radius 3 is 2.17 bits per heavy atom. The molecule has 0 unspecified atom stereocenters. The molecule has 0 aliphatic heterocycles. The minimum atomic E-state index is -1.65. The van der Waals surface area contributed by atoms with E-state index in [-0.39, 0.29) is 6.10 Å². The van der Waals surface area contributed by atoms with Crippen LogP contribution in [0.3, 0.4) is 0 Å². The molecule has 0 fully saturated rings. The van der Waals surface area contributed by atoms with Crippen LogP contribution in [-0.2, 0) is 15.8 Å². The number of terminal acetylenes is 1. The molecule has 4 heteroatoms. The van der Waals surface area contributed by atoms with Crippen molar-refractivity contribution in [2.45, 2.75) is 58.0 Å². The highest BCUT2D eigenvalue weighted by atomic mass is 28.4. The van der Waals surface area contributed by atoms with Crippen molar-refractivity contribution in [1.82, 2.24) is 0 Å². The van der Waals surface area contributed by atoms with E-state index in [9.17, 15) is 0 Å². The van der Waals surface area contributed by atoms with Gasteiger partial charge in [-0.2, -0.15) is 0 Å². The van der Waals surface area contributed by atoms with E-state index in [4.69, 9.17) is 20.3 Å². The maximum absolute atomic E-state index is 6.45. The Labute approximate surface area is 142 Å². The van der Waals surface area contributed by atoms with E-state index < -0.39 is 8.32 Å². The van der Waals surface area contributed by atoms with Crippen molar-refractivity contribution in [2.24, 2.45) is 0 Å². The second-order valence-corrected chi connectivity index (χ2v) is 10.5. The predicted molar refractivity (Wildman–Crippen MR) is 98.2 cm³/mol. The summed E-state index contributed by atoms with van der Waals surface area (Å²) in [4.78, 5) is 0. The smallest absolute Gasteiger partial charge is 0.192 e. The van der Waals surface area contributed by atoms with Crippen molar-refractivity contribution in [3.63, 3.8) is 0 Å². The SMILES string of the molecule is C#CC[C@@H](COCc1ccc(OC)cc1)O[Si](CC)(CC)CC. The molecule has 0 N–H and O–H groups in total. The van der Waals surface area contributed by atoms with Gasteiger partial charge < -0.3 is 13.9 Å². The van der Waals surface area contributed by atoms with Crippen LogP contribution in [0.15, 0.2) is 24.3 Å². The second kappa shape index (κ2) is 10.5. The van der Waals surface area contributed by atoms with Crippen LogP contribution in [0, 0.1) is 12.3 Å². The highest BCUT2D eigenvalue weighted by molar-refractivity contribution is 6.73. The van der Waals surface area contributed by atoms with Gasteiger partial charge in [0.15, 0.2) is 8.32 Å². The van der Waals surface area contributed by atoms with Gasteiger partial charge in [0.05, 0.1) is 26.4 Å². The van der Waals surface area contributed by atoms with E-state index in [0.29, 0.717) is 19.6 Å². The maximum atomic E-state index is 6.45. The fourth-order valence-electron chi connectivity index (χ4n) is 2.65. The van der Waals surface area contributed by atoms with Crippen LogP contribution in [-0.4, -0.2) is 28.1 Å². The monoisotopic (exact) mass is 334 g/mol. The second-order valence-electron chi connectivity index (χ2n) is 5.75. The molecular formula is C19H30O3Si. The van der Waals surface area contributed by atoms with Gasteiger partial charge in [-0.3, -0.25) is 0 Å². The molecule has 0 radical (unpaired) electrons. The van der Waals surface area contributed by atoms with Gasteiger partial charge >= 0.3 is 0 Å². The van der Waals surface area contributed by atoms with Crippen LogP contribution in [0.4, 0.5) is 0 Å². The third-order valence-electron chi connectivity index (χ3n) is 4.43. The zero-order chi connectivity index (χ0) is 17.1. The van der Waals surface area contributed by atoms with E-state index in [0.717, 1.165) is 29.4 Å². The van der Waals surface area contributed by atoms with Gasteiger partial charge in [0.25, 0.3) is 0 Å². The van der Waals surface area contributed by atoms with Gasteiger partial charge in [-0.25, -0.2) is 0 Å². The number of rotatable bonds is 11. The largest absolute Gasteiger partial charge is 0.497 e. The highest BCUT2D eigenvalue weighted by Gasteiger charge is 2.31. The molecule has 1 aromatic carbocycles. The summed E-state index contributed by atoms with van der Waals surface area (Å²) in [5.41, 5.74) is 1.12. The standard InChI is InChI=1S/C19H30O3Si/c1-6-10-19(22-23(7-2,8-3)9-4)16-21-15-17-11-13-18(20-5)14-12-17/h1,11-14,19H,7-10,15-16H2,2-5H3/t19-/m0/s1. The first-order chi connectivity index (χ1) is 11.1. The number of ether oxygens (including phenoxy) is 2. The van der Waals surface area contributed by atoms with E-state index >= 15 is 0 Å². The predicted octanol–water partition coefficient (Wildman–Crippen LogP) is 4.63. The molecule has 0 aliphatic carbocycles. The molecule has 128 valence electrons. The van der Waals surface area contributed by atoms with Crippen LogP contribution >= 0.6 is 0 Å². The number of hydrogen-bond donors (Lipinski definition) is 0. The topological polar surface area (TPSA) is 27.7 Å². The van der Waals surface area contributed by atoms with Crippen molar-refractivity contribution in [3.8, 4) is 18.1 Å². The van der Waals surface area contributed by atoms with E-state index in [2.05, 4.69) is 26.7 Å². The molecule has 0 saturated heterocycles. The van der Waals surface area contributed by atoms with Crippen LogP contribution in [0.25, 0.3) is 0 Å². The van der Waals surface area contributed by atoms with Crippen LogP contribution in [0.2, 0.25) is 18.1 Å².